The lowest BCUT2D eigenvalue weighted by Crippen LogP contribution is -2.31. The first-order valence-electron chi connectivity index (χ1n) is 3.41. The van der Waals surface area contributed by atoms with Gasteiger partial charge in [0, 0.05) is 7.11 Å². The van der Waals surface area contributed by atoms with Crippen LogP contribution in [0.5, 0.6) is 0 Å². The van der Waals surface area contributed by atoms with Crippen LogP contribution in [0.25, 0.3) is 0 Å². The molecule has 1 rings (SSSR count). The second kappa shape index (κ2) is 3.66. The maximum absolute atomic E-state index is 9.30. The molecule has 1 aromatic rings. The Bertz CT molecular complexity index is 220. The van der Waals surface area contributed by atoms with Crippen LogP contribution in [0.4, 0.5) is 0 Å². The Morgan fingerprint density at radius 1 is 1.27 bits per heavy atom. The van der Waals surface area contributed by atoms with Gasteiger partial charge in [-0.15, -0.1) is 0 Å². The van der Waals surface area contributed by atoms with Crippen molar-refractivity contribution in [2.45, 2.75) is 6.92 Å². The number of aryl methyl sites for hydroxylation is 1. The minimum Gasteiger partial charge on any atom is -0.406 e. The van der Waals surface area contributed by atoms with Crippen molar-refractivity contribution >= 4 is 14.5 Å². The van der Waals surface area contributed by atoms with Crippen molar-refractivity contribution in [3.05, 3.63) is 29.8 Å². The zero-order valence-electron chi connectivity index (χ0n) is 6.66. The van der Waals surface area contributed by atoms with E-state index in [1.54, 1.807) is 0 Å². The SMILES string of the molecule is CO[Si](O)c1ccc(C)cc1. The highest BCUT2D eigenvalue weighted by atomic mass is 28.3. The van der Waals surface area contributed by atoms with E-state index >= 15 is 0 Å². The predicted molar refractivity (Wildman–Crippen MR) is 45.8 cm³/mol. The van der Waals surface area contributed by atoms with Gasteiger partial charge in [-0.25, -0.2) is 0 Å². The highest BCUT2D eigenvalue weighted by Gasteiger charge is 2.10. The molecule has 0 aliphatic rings. The van der Waals surface area contributed by atoms with E-state index < -0.39 is 9.28 Å². The van der Waals surface area contributed by atoms with Crippen molar-refractivity contribution in [1.82, 2.24) is 0 Å². The van der Waals surface area contributed by atoms with E-state index in [2.05, 4.69) is 0 Å². The lowest BCUT2D eigenvalue weighted by molar-refractivity contribution is 0.341. The van der Waals surface area contributed by atoms with Crippen molar-refractivity contribution in [1.29, 1.82) is 0 Å². The molecule has 0 amide bonds. The van der Waals surface area contributed by atoms with Crippen LogP contribution in [0.1, 0.15) is 5.56 Å². The fourth-order valence-corrected chi connectivity index (χ4v) is 1.50. The van der Waals surface area contributed by atoms with E-state index in [0.717, 1.165) is 5.19 Å². The van der Waals surface area contributed by atoms with Crippen LogP contribution in [0.3, 0.4) is 0 Å². The summed E-state index contributed by atoms with van der Waals surface area (Å²) in [6.07, 6.45) is 0. The van der Waals surface area contributed by atoms with Crippen LogP contribution >= 0.6 is 0 Å². The van der Waals surface area contributed by atoms with Gasteiger partial charge in [-0.1, -0.05) is 29.8 Å². The molecule has 1 N–H and O–H groups in total. The molecule has 1 radical (unpaired) electrons. The maximum atomic E-state index is 9.30. The van der Waals surface area contributed by atoms with Crippen LogP contribution < -0.4 is 5.19 Å². The highest BCUT2D eigenvalue weighted by molar-refractivity contribution is 6.59. The third-order valence-electron chi connectivity index (χ3n) is 1.49. The first kappa shape index (κ1) is 8.45. The molecule has 0 aliphatic heterocycles. The van der Waals surface area contributed by atoms with Gasteiger partial charge in [-0.2, -0.15) is 0 Å². The molecular weight excluding hydrogens is 156 g/mol. The van der Waals surface area contributed by atoms with E-state index in [0.29, 0.717) is 0 Å². The molecule has 0 saturated carbocycles. The second-order valence-corrected chi connectivity index (χ2v) is 3.97. The van der Waals surface area contributed by atoms with Gasteiger partial charge in [0.05, 0.1) is 0 Å². The molecule has 0 fully saturated rings. The zero-order valence-corrected chi connectivity index (χ0v) is 7.66. The summed E-state index contributed by atoms with van der Waals surface area (Å²) in [5.74, 6) is 0. The molecule has 0 aromatic heterocycles. The Morgan fingerprint density at radius 2 is 1.82 bits per heavy atom. The average Bonchev–Trinajstić information content (AvgIpc) is 2.05. The Balaban J connectivity index is 2.81. The van der Waals surface area contributed by atoms with Crippen molar-refractivity contribution in [3.63, 3.8) is 0 Å². The summed E-state index contributed by atoms with van der Waals surface area (Å²) < 4.78 is 4.83. The maximum Gasteiger partial charge on any atom is 0.420 e. The number of hydrogen-bond acceptors (Lipinski definition) is 2. The summed E-state index contributed by atoms with van der Waals surface area (Å²) in [6, 6.07) is 7.73. The summed E-state index contributed by atoms with van der Waals surface area (Å²) in [4.78, 5) is 9.30. The van der Waals surface area contributed by atoms with Crippen LogP contribution in [0.15, 0.2) is 24.3 Å². The fraction of sp³-hybridized carbons (Fsp3) is 0.250. The third-order valence-corrected chi connectivity index (χ3v) is 2.71. The third kappa shape index (κ3) is 2.15. The van der Waals surface area contributed by atoms with Crippen LogP contribution in [0, 0.1) is 6.92 Å². The fourth-order valence-electron chi connectivity index (χ4n) is 0.814. The Morgan fingerprint density at radius 3 is 2.27 bits per heavy atom. The van der Waals surface area contributed by atoms with Gasteiger partial charge in [0.15, 0.2) is 0 Å². The van der Waals surface area contributed by atoms with Crippen molar-refractivity contribution in [2.75, 3.05) is 7.11 Å². The molecule has 2 nitrogen and oxygen atoms in total. The molecule has 0 unspecified atom stereocenters. The first-order valence-corrected chi connectivity index (χ1v) is 4.76. The minimum absolute atomic E-state index is 0.892. The van der Waals surface area contributed by atoms with Crippen LogP contribution in [0.2, 0.25) is 0 Å². The van der Waals surface area contributed by atoms with Crippen molar-refractivity contribution in [3.8, 4) is 0 Å². The monoisotopic (exact) mass is 167 g/mol. The van der Waals surface area contributed by atoms with Crippen molar-refractivity contribution in [2.24, 2.45) is 0 Å². The van der Waals surface area contributed by atoms with Gasteiger partial charge in [-0.05, 0) is 12.1 Å². The number of hydrogen-bond donors (Lipinski definition) is 1. The Kier molecular flexibility index (Phi) is 2.81. The quantitative estimate of drug-likeness (QED) is 0.643. The summed E-state index contributed by atoms with van der Waals surface area (Å²) in [5.41, 5.74) is 1.19. The molecule has 0 saturated heterocycles. The topological polar surface area (TPSA) is 29.5 Å². The average molecular weight is 167 g/mol. The molecule has 0 spiro atoms. The molecule has 59 valence electrons. The summed E-state index contributed by atoms with van der Waals surface area (Å²) >= 11 is 0. The van der Waals surface area contributed by atoms with E-state index in [1.165, 1.54) is 12.7 Å². The summed E-state index contributed by atoms with van der Waals surface area (Å²) in [5, 5.41) is 0.892. The Labute approximate surface area is 68.3 Å². The van der Waals surface area contributed by atoms with Gasteiger partial charge in [0.1, 0.15) is 0 Å². The molecule has 3 heteroatoms. The normalized spacial score (nSPS) is 10.5. The number of benzene rings is 1. The van der Waals surface area contributed by atoms with E-state index in [9.17, 15) is 4.80 Å². The summed E-state index contributed by atoms with van der Waals surface area (Å²) in [6.45, 7) is 2.01. The van der Waals surface area contributed by atoms with Crippen LogP contribution in [-0.4, -0.2) is 21.2 Å². The molecule has 11 heavy (non-hydrogen) atoms. The van der Waals surface area contributed by atoms with E-state index in [4.69, 9.17) is 4.43 Å². The van der Waals surface area contributed by atoms with Crippen molar-refractivity contribution < 1.29 is 9.22 Å². The van der Waals surface area contributed by atoms with Gasteiger partial charge in [0.2, 0.25) is 0 Å². The van der Waals surface area contributed by atoms with E-state index in [1.807, 2.05) is 31.2 Å². The predicted octanol–water partition coefficient (Wildman–Crippen LogP) is 0.329. The van der Waals surface area contributed by atoms with Gasteiger partial charge >= 0.3 is 9.28 Å². The standard InChI is InChI=1S/C8H11O2Si/c1-7-3-5-8(6-4-7)11(9)10-2/h3-6,9H,1-2H3. The lowest BCUT2D eigenvalue weighted by Gasteiger charge is -2.03. The largest absolute Gasteiger partial charge is 0.420 e. The van der Waals surface area contributed by atoms with Gasteiger partial charge in [-0.3, -0.25) is 0 Å². The molecular formula is C8H11O2Si. The Hall–Kier alpha value is -0.643. The molecule has 0 heterocycles. The smallest absolute Gasteiger partial charge is 0.406 e. The number of rotatable bonds is 2. The zero-order chi connectivity index (χ0) is 8.27. The van der Waals surface area contributed by atoms with E-state index in [-0.39, 0.29) is 0 Å². The first-order chi connectivity index (χ1) is 5.24. The highest BCUT2D eigenvalue weighted by Crippen LogP contribution is 1.93. The molecule has 1 aromatic carbocycles. The summed E-state index contributed by atoms with van der Waals surface area (Å²) in [7, 11) is -0.201. The molecule has 0 aliphatic carbocycles. The lowest BCUT2D eigenvalue weighted by atomic mass is 10.2. The minimum atomic E-state index is -1.72. The molecule has 0 atom stereocenters. The second-order valence-electron chi connectivity index (χ2n) is 2.38. The van der Waals surface area contributed by atoms with Crippen LogP contribution in [-0.2, 0) is 4.43 Å². The van der Waals surface area contributed by atoms with Gasteiger partial charge in [0.25, 0.3) is 0 Å². The molecule has 0 bridgehead atoms. The van der Waals surface area contributed by atoms with Gasteiger partial charge < -0.3 is 9.22 Å².